The Morgan fingerprint density at radius 3 is 2.68 bits per heavy atom. The average molecular weight is 403 g/mol. The summed E-state index contributed by atoms with van der Waals surface area (Å²) < 4.78 is 11.0. The molecule has 28 heavy (non-hydrogen) atoms. The molecule has 0 bridgehead atoms. The molecule has 1 amide bonds. The Balaban J connectivity index is 1.48. The van der Waals surface area contributed by atoms with Crippen molar-refractivity contribution in [1.82, 2.24) is 10.3 Å². The van der Waals surface area contributed by atoms with Crippen LogP contribution in [-0.4, -0.2) is 29.0 Å². The van der Waals surface area contributed by atoms with Gasteiger partial charge in [-0.3, -0.25) is 4.79 Å². The number of hydrogen-bond donors (Lipinski definition) is 1. The van der Waals surface area contributed by atoms with Gasteiger partial charge in [-0.05, 0) is 49.9 Å². The highest BCUT2D eigenvalue weighted by Gasteiger charge is 2.26. The molecule has 150 valence electrons. The standard InChI is InChI=1S/C21H26N2O4S/c1-14-5-3-4-6-19(14)23-20(24)15(2)27-21(25)16-7-9-18(10-8-16)26-11-17-12-28-13-22-17/h7-10,12-15,19H,3-6,11H2,1-2H3,(H,23,24)/t14-,15+,19+/m1/s1. The second-order valence-electron chi connectivity index (χ2n) is 7.22. The maximum Gasteiger partial charge on any atom is 0.338 e. The van der Waals surface area contributed by atoms with Crippen LogP contribution in [-0.2, 0) is 16.1 Å². The zero-order chi connectivity index (χ0) is 19.9. The number of benzene rings is 1. The molecule has 1 heterocycles. The maximum absolute atomic E-state index is 12.4. The van der Waals surface area contributed by atoms with E-state index in [1.807, 2.05) is 5.38 Å². The average Bonchev–Trinajstić information content (AvgIpc) is 3.22. The number of carbonyl (C=O) groups excluding carboxylic acids is 2. The van der Waals surface area contributed by atoms with Gasteiger partial charge in [0, 0.05) is 11.4 Å². The van der Waals surface area contributed by atoms with E-state index in [0.29, 0.717) is 23.8 Å². The molecule has 0 radical (unpaired) electrons. The lowest BCUT2D eigenvalue weighted by Crippen LogP contribution is -2.45. The van der Waals surface area contributed by atoms with Crippen molar-refractivity contribution in [1.29, 1.82) is 0 Å². The molecule has 2 aromatic rings. The Bertz CT molecular complexity index is 776. The summed E-state index contributed by atoms with van der Waals surface area (Å²) in [6, 6.07) is 6.84. The molecule has 3 atom stereocenters. The molecular weight excluding hydrogens is 376 g/mol. The van der Waals surface area contributed by atoms with E-state index < -0.39 is 12.1 Å². The molecule has 7 heteroatoms. The Morgan fingerprint density at radius 1 is 1.25 bits per heavy atom. The van der Waals surface area contributed by atoms with E-state index in [4.69, 9.17) is 9.47 Å². The zero-order valence-corrected chi connectivity index (χ0v) is 17.0. The van der Waals surface area contributed by atoms with Gasteiger partial charge in [0.05, 0.1) is 16.8 Å². The molecule has 6 nitrogen and oxygen atoms in total. The fourth-order valence-electron chi connectivity index (χ4n) is 3.27. The van der Waals surface area contributed by atoms with E-state index in [2.05, 4.69) is 17.2 Å². The predicted molar refractivity (Wildman–Crippen MR) is 107 cm³/mol. The summed E-state index contributed by atoms with van der Waals surface area (Å²) in [4.78, 5) is 28.8. The van der Waals surface area contributed by atoms with Crippen molar-refractivity contribution in [2.24, 2.45) is 5.92 Å². The zero-order valence-electron chi connectivity index (χ0n) is 16.2. The number of amides is 1. The SMILES string of the molecule is C[C@H](OC(=O)c1ccc(OCc2cscn2)cc1)C(=O)N[C@H]1CCCC[C@H]1C. The fraction of sp³-hybridized carbons (Fsp3) is 0.476. The molecule has 1 N–H and O–H groups in total. The number of esters is 1. The Hall–Kier alpha value is -2.41. The topological polar surface area (TPSA) is 77.5 Å². The molecule has 0 spiro atoms. The highest BCUT2D eigenvalue weighted by atomic mass is 32.1. The van der Waals surface area contributed by atoms with Crippen LogP contribution in [0, 0.1) is 5.92 Å². The molecule has 0 unspecified atom stereocenters. The van der Waals surface area contributed by atoms with Gasteiger partial charge in [0.2, 0.25) is 0 Å². The van der Waals surface area contributed by atoms with E-state index in [9.17, 15) is 9.59 Å². The van der Waals surface area contributed by atoms with Crippen molar-refractivity contribution in [3.63, 3.8) is 0 Å². The molecule has 1 aromatic heterocycles. The van der Waals surface area contributed by atoms with Crippen molar-refractivity contribution in [3.05, 3.63) is 46.4 Å². The quantitative estimate of drug-likeness (QED) is 0.709. The number of hydrogen-bond acceptors (Lipinski definition) is 6. The molecule has 0 aliphatic heterocycles. The van der Waals surface area contributed by atoms with E-state index in [0.717, 1.165) is 25.0 Å². The van der Waals surface area contributed by atoms with E-state index in [1.54, 1.807) is 36.7 Å². The Labute approximate surface area is 169 Å². The summed E-state index contributed by atoms with van der Waals surface area (Å²) >= 11 is 1.51. The fourth-order valence-corrected chi connectivity index (χ4v) is 3.81. The third kappa shape index (κ3) is 5.55. The van der Waals surface area contributed by atoms with Crippen molar-refractivity contribution >= 4 is 23.2 Å². The van der Waals surface area contributed by atoms with E-state index in [1.165, 1.54) is 17.8 Å². The minimum atomic E-state index is -0.831. The number of thiazole rings is 1. The van der Waals surface area contributed by atoms with Crippen LogP contribution in [0.4, 0.5) is 0 Å². The minimum absolute atomic E-state index is 0.163. The first-order chi connectivity index (χ1) is 13.5. The van der Waals surface area contributed by atoms with Gasteiger partial charge in [0.1, 0.15) is 12.4 Å². The first-order valence-corrected chi connectivity index (χ1v) is 10.6. The van der Waals surface area contributed by atoms with E-state index in [-0.39, 0.29) is 11.9 Å². The minimum Gasteiger partial charge on any atom is -0.487 e. The van der Waals surface area contributed by atoms with Crippen LogP contribution in [0.2, 0.25) is 0 Å². The van der Waals surface area contributed by atoms with Gasteiger partial charge in [0.25, 0.3) is 5.91 Å². The molecule has 1 saturated carbocycles. The number of aromatic nitrogens is 1. The van der Waals surface area contributed by atoms with Crippen molar-refractivity contribution in [3.8, 4) is 5.75 Å². The van der Waals surface area contributed by atoms with Crippen LogP contribution in [0.3, 0.4) is 0 Å². The van der Waals surface area contributed by atoms with E-state index >= 15 is 0 Å². The Kier molecular flexibility index (Phi) is 7.03. The lowest BCUT2D eigenvalue weighted by Gasteiger charge is -2.30. The molecule has 1 aliphatic carbocycles. The van der Waals surface area contributed by atoms with Crippen LogP contribution in [0.25, 0.3) is 0 Å². The predicted octanol–water partition coefficient (Wildman–Crippen LogP) is 3.96. The van der Waals surface area contributed by atoms with Crippen LogP contribution < -0.4 is 10.1 Å². The third-order valence-electron chi connectivity index (χ3n) is 5.05. The normalized spacial score (nSPS) is 20.2. The molecule has 1 aliphatic rings. The van der Waals surface area contributed by atoms with Crippen molar-refractivity contribution in [2.75, 3.05) is 0 Å². The second kappa shape index (κ2) is 9.68. The number of carbonyl (C=O) groups is 2. The summed E-state index contributed by atoms with van der Waals surface area (Å²) in [5.41, 5.74) is 3.00. The molecular formula is C21H26N2O4S. The van der Waals surface area contributed by atoms with Gasteiger partial charge >= 0.3 is 5.97 Å². The smallest absolute Gasteiger partial charge is 0.338 e. The van der Waals surface area contributed by atoms with Gasteiger partial charge < -0.3 is 14.8 Å². The van der Waals surface area contributed by atoms with Crippen molar-refractivity contribution < 1.29 is 19.1 Å². The number of nitrogens with one attached hydrogen (secondary N) is 1. The molecule has 0 saturated heterocycles. The lowest BCUT2D eigenvalue weighted by atomic mass is 9.86. The summed E-state index contributed by atoms with van der Waals surface area (Å²) in [6.45, 7) is 4.13. The largest absolute Gasteiger partial charge is 0.487 e. The second-order valence-corrected chi connectivity index (χ2v) is 7.94. The Morgan fingerprint density at radius 2 is 2.00 bits per heavy atom. The number of rotatable bonds is 7. The first kappa shape index (κ1) is 20.3. The van der Waals surface area contributed by atoms with Crippen LogP contribution >= 0.6 is 11.3 Å². The maximum atomic E-state index is 12.4. The summed E-state index contributed by atoms with van der Waals surface area (Å²) in [5, 5.41) is 4.95. The summed E-state index contributed by atoms with van der Waals surface area (Å²) in [7, 11) is 0. The number of ether oxygens (including phenoxy) is 2. The molecule has 3 rings (SSSR count). The van der Waals surface area contributed by atoms with Gasteiger partial charge in [-0.25, -0.2) is 9.78 Å². The van der Waals surface area contributed by atoms with Crippen LogP contribution in [0.1, 0.15) is 55.6 Å². The van der Waals surface area contributed by atoms with Crippen LogP contribution in [0.5, 0.6) is 5.75 Å². The lowest BCUT2D eigenvalue weighted by molar-refractivity contribution is -0.130. The highest BCUT2D eigenvalue weighted by Crippen LogP contribution is 2.24. The van der Waals surface area contributed by atoms with Crippen molar-refractivity contribution in [2.45, 2.75) is 58.3 Å². The monoisotopic (exact) mass is 402 g/mol. The van der Waals surface area contributed by atoms with Gasteiger partial charge in [-0.1, -0.05) is 19.8 Å². The van der Waals surface area contributed by atoms with Gasteiger partial charge in [0.15, 0.2) is 6.10 Å². The molecule has 1 fully saturated rings. The van der Waals surface area contributed by atoms with Gasteiger partial charge in [-0.15, -0.1) is 11.3 Å². The highest BCUT2D eigenvalue weighted by molar-refractivity contribution is 7.07. The summed E-state index contributed by atoms with van der Waals surface area (Å²) in [6.07, 6.45) is 3.61. The summed E-state index contributed by atoms with van der Waals surface area (Å²) in [5.74, 6) is 0.333. The first-order valence-electron chi connectivity index (χ1n) is 9.64. The van der Waals surface area contributed by atoms with Crippen LogP contribution in [0.15, 0.2) is 35.2 Å². The molecule has 1 aromatic carbocycles. The van der Waals surface area contributed by atoms with Gasteiger partial charge in [-0.2, -0.15) is 0 Å². The third-order valence-corrected chi connectivity index (χ3v) is 5.69. The number of nitrogens with zero attached hydrogens (tertiary/aromatic N) is 1.